The van der Waals surface area contributed by atoms with Gasteiger partial charge in [-0.25, -0.2) is 4.52 Å². The Morgan fingerprint density at radius 2 is 1.85 bits per heavy atom. The Labute approximate surface area is 198 Å². The molecule has 4 rings (SSSR count). The number of rotatable bonds is 7. The minimum atomic E-state index is -0.938. The smallest absolute Gasteiger partial charge is 0.275 e. The van der Waals surface area contributed by atoms with E-state index in [-0.39, 0.29) is 23.2 Å². The summed E-state index contributed by atoms with van der Waals surface area (Å²) in [5, 5.41) is 14.5. The number of aliphatic hydroxyl groups is 1. The third kappa shape index (κ3) is 5.28. The summed E-state index contributed by atoms with van der Waals surface area (Å²) in [5.41, 5.74) is 1.79. The molecule has 2 N–H and O–H groups in total. The normalized spacial score (nSPS) is 15.1. The van der Waals surface area contributed by atoms with Gasteiger partial charge in [-0.15, -0.1) is 0 Å². The van der Waals surface area contributed by atoms with Crippen molar-refractivity contribution >= 4 is 17.2 Å². The van der Waals surface area contributed by atoms with Crippen molar-refractivity contribution in [2.24, 2.45) is 5.92 Å². The summed E-state index contributed by atoms with van der Waals surface area (Å²) < 4.78 is 1.59. The van der Waals surface area contributed by atoms with Gasteiger partial charge in [-0.05, 0) is 57.2 Å². The highest BCUT2D eigenvalue weighted by atomic mass is 16.3. The van der Waals surface area contributed by atoms with Gasteiger partial charge in [0, 0.05) is 43.6 Å². The number of piperidine rings is 1. The Morgan fingerprint density at radius 3 is 2.50 bits per heavy atom. The van der Waals surface area contributed by atoms with Gasteiger partial charge in [-0.2, -0.15) is 5.10 Å². The zero-order valence-corrected chi connectivity index (χ0v) is 20.0. The van der Waals surface area contributed by atoms with Crippen molar-refractivity contribution in [3.63, 3.8) is 0 Å². The summed E-state index contributed by atoms with van der Waals surface area (Å²) in [4.78, 5) is 42.4. The van der Waals surface area contributed by atoms with Crippen molar-refractivity contribution in [2.45, 2.75) is 58.5 Å². The molecule has 180 valence electrons. The van der Waals surface area contributed by atoms with Gasteiger partial charge in [0.05, 0.1) is 5.60 Å². The minimum absolute atomic E-state index is 0.0701. The Bertz CT molecular complexity index is 1240. The third-order valence-electron chi connectivity index (χ3n) is 6.55. The van der Waals surface area contributed by atoms with E-state index in [1.54, 1.807) is 48.7 Å². The Morgan fingerprint density at radius 1 is 1.18 bits per heavy atom. The largest absolute Gasteiger partial charge is 0.386 e. The molecule has 0 radical (unpaired) electrons. The highest BCUT2D eigenvalue weighted by Gasteiger charge is 2.28. The van der Waals surface area contributed by atoms with Crippen LogP contribution in [0.2, 0.25) is 0 Å². The van der Waals surface area contributed by atoms with Gasteiger partial charge < -0.3 is 15.0 Å². The molecular formula is C26H32N4O4. The molecule has 0 unspecified atom stereocenters. The second-order valence-corrected chi connectivity index (χ2v) is 9.76. The molecule has 0 atom stereocenters. The number of aromatic amines is 1. The first-order valence-corrected chi connectivity index (χ1v) is 11.8. The molecule has 0 bridgehead atoms. The van der Waals surface area contributed by atoms with Gasteiger partial charge >= 0.3 is 0 Å². The number of amides is 1. The third-order valence-corrected chi connectivity index (χ3v) is 6.55. The highest BCUT2D eigenvalue weighted by molar-refractivity contribution is 5.98. The lowest BCUT2D eigenvalue weighted by Gasteiger charge is -2.31. The molecule has 34 heavy (non-hydrogen) atoms. The number of nitrogens with one attached hydrogen (secondary N) is 1. The average Bonchev–Trinajstić information content (AvgIpc) is 3.19. The molecule has 1 aliphatic rings. The minimum Gasteiger partial charge on any atom is -0.386 e. The number of ketones is 1. The predicted molar refractivity (Wildman–Crippen MR) is 129 cm³/mol. The molecular weight excluding hydrogens is 432 g/mol. The number of fused-ring (bicyclic) bond motifs is 1. The first kappa shape index (κ1) is 23.9. The maximum atomic E-state index is 12.9. The van der Waals surface area contributed by atoms with Crippen LogP contribution in [0, 0.1) is 12.8 Å². The van der Waals surface area contributed by atoms with Gasteiger partial charge in [0.15, 0.2) is 5.78 Å². The van der Waals surface area contributed by atoms with Crippen molar-refractivity contribution in [3.05, 3.63) is 69.4 Å². The van der Waals surface area contributed by atoms with Crippen LogP contribution in [0.15, 0.2) is 41.3 Å². The maximum absolute atomic E-state index is 12.9. The van der Waals surface area contributed by atoms with Gasteiger partial charge in [-0.1, -0.05) is 24.3 Å². The van der Waals surface area contributed by atoms with Crippen LogP contribution in [0.4, 0.5) is 0 Å². The zero-order valence-electron chi connectivity index (χ0n) is 20.0. The van der Waals surface area contributed by atoms with Crippen LogP contribution in [0.3, 0.4) is 0 Å². The summed E-state index contributed by atoms with van der Waals surface area (Å²) in [6.45, 7) is 6.49. The van der Waals surface area contributed by atoms with Crippen molar-refractivity contribution in [3.8, 4) is 0 Å². The van der Waals surface area contributed by atoms with Crippen LogP contribution in [0.1, 0.15) is 66.8 Å². The number of likely N-dealkylation sites (tertiary alicyclic amines) is 1. The molecule has 0 spiro atoms. The summed E-state index contributed by atoms with van der Waals surface area (Å²) in [7, 11) is 0. The topological polar surface area (TPSA) is 108 Å². The van der Waals surface area contributed by atoms with Crippen LogP contribution in [-0.4, -0.2) is 49.4 Å². The van der Waals surface area contributed by atoms with Gasteiger partial charge in [0.25, 0.3) is 5.56 Å². The number of carbonyl (C=O) groups excluding carboxylic acids is 2. The number of H-pyrrole nitrogens is 1. The predicted octanol–water partition coefficient (Wildman–Crippen LogP) is 3.00. The van der Waals surface area contributed by atoms with E-state index in [1.807, 2.05) is 18.0 Å². The molecule has 1 aliphatic heterocycles. The average molecular weight is 465 g/mol. The number of hydrogen-bond donors (Lipinski definition) is 2. The lowest BCUT2D eigenvalue weighted by Crippen LogP contribution is -2.40. The fraction of sp³-hybridized carbons (Fsp3) is 0.462. The van der Waals surface area contributed by atoms with Crippen LogP contribution in [0.5, 0.6) is 0 Å². The molecule has 1 fully saturated rings. The lowest BCUT2D eigenvalue weighted by atomic mass is 9.87. The van der Waals surface area contributed by atoms with Crippen molar-refractivity contribution in [1.29, 1.82) is 0 Å². The van der Waals surface area contributed by atoms with E-state index in [1.165, 1.54) is 0 Å². The lowest BCUT2D eigenvalue weighted by molar-refractivity contribution is -0.132. The van der Waals surface area contributed by atoms with Gasteiger partial charge in [0.1, 0.15) is 11.3 Å². The first-order valence-electron chi connectivity index (χ1n) is 11.8. The fourth-order valence-electron chi connectivity index (χ4n) is 4.53. The number of aryl methyl sites for hydroxylation is 2. The fourth-order valence-corrected chi connectivity index (χ4v) is 4.53. The number of benzene rings is 1. The van der Waals surface area contributed by atoms with E-state index >= 15 is 0 Å². The van der Waals surface area contributed by atoms with E-state index in [2.05, 4.69) is 10.1 Å². The molecule has 1 saturated heterocycles. The Kier molecular flexibility index (Phi) is 6.70. The number of aromatic nitrogens is 3. The second kappa shape index (κ2) is 9.54. The monoisotopic (exact) mass is 464 g/mol. The quantitative estimate of drug-likeness (QED) is 0.523. The SMILES string of the molecule is Cc1cc2c(=O)[nH]c(CCCC(=O)N3CCC(C(=O)c4ccc(C(C)(C)O)cc4)CC3)nn2c1. The molecule has 0 saturated carbocycles. The molecule has 3 heterocycles. The molecule has 2 aromatic heterocycles. The summed E-state index contributed by atoms with van der Waals surface area (Å²) in [6.07, 6.45) is 4.60. The second-order valence-electron chi connectivity index (χ2n) is 9.76. The first-order chi connectivity index (χ1) is 16.1. The summed E-state index contributed by atoms with van der Waals surface area (Å²) in [6, 6.07) is 8.93. The number of hydrogen-bond acceptors (Lipinski definition) is 5. The standard InChI is InChI=1S/C26H32N4O4/c1-17-15-21-25(33)27-22(28-30(21)16-17)5-4-6-23(31)29-13-11-19(12-14-29)24(32)18-7-9-20(10-8-18)26(2,3)34/h7-10,15-16,19,34H,4-6,11-14H2,1-3H3,(H,27,28,33). The van der Waals surface area contributed by atoms with Gasteiger partial charge in [-0.3, -0.25) is 14.4 Å². The molecule has 8 heteroatoms. The molecule has 8 nitrogen and oxygen atoms in total. The summed E-state index contributed by atoms with van der Waals surface area (Å²) >= 11 is 0. The molecule has 1 amide bonds. The number of carbonyl (C=O) groups is 2. The van der Waals surface area contributed by atoms with Crippen LogP contribution >= 0.6 is 0 Å². The van der Waals surface area contributed by atoms with Crippen LogP contribution in [0.25, 0.3) is 5.52 Å². The maximum Gasteiger partial charge on any atom is 0.275 e. The molecule has 1 aromatic carbocycles. The van der Waals surface area contributed by atoms with E-state index in [0.717, 1.165) is 11.1 Å². The molecule has 3 aromatic rings. The van der Waals surface area contributed by atoms with Crippen LogP contribution in [-0.2, 0) is 16.8 Å². The van der Waals surface area contributed by atoms with Crippen LogP contribution < -0.4 is 5.56 Å². The van der Waals surface area contributed by atoms with Crippen molar-refractivity contribution in [2.75, 3.05) is 13.1 Å². The summed E-state index contributed by atoms with van der Waals surface area (Å²) in [5.74, 6) is 0.643. The number of Topliss-reactive ketones (excluding diaryl/α,β-unsaturated/α-hetero) is 1. The van der Waals surface area contributed by atoms with E-state index < -0.39 is 5.60 Å². The number of nitrogens with zero attached hydrogens (tertiary/aromatic N) is 3. The van der Waals surface area contributed by atoms with Crippen molar-refractivity contribution in [1.82, 2.24) is 19.5 Å². The molecule has 0 aliphatic carbocycles. The van der Waals surface area contributed by atoms with Gasteiger partial charge in [0.2, 0.25) is 5.91 Å². The van der Waals surface area contributed by atoms with E-state index in [4.69, 9.17) is 0 Å². The Balaban J connectivity index is 1.26. The van der Waals surface area contributed by atoms with E-state index in [0.29, 0.717) is 62.1 Å². The zero-order chi connectivity index (χ0) is 24.5. The highest BCUT2D eigenvalue weighted by Crippen LogP contribution is 2.25. The Hall–Kier alpha value is -3.26. The van der Waals surface area contributed by atoms with Crippen molar-refractivity contribution < 1.29 is 14.7 Å². The van der Waals surface area contributed by atoms with E-state index in [9.17, 15) is 19.5 Å².